The topological polar surface area (TPSA) is 58.4 Å². The molecule has 1 heterocycles. The third-order valence-electron chi connectivity index (χ3n) is 4.69. The molecule has 0 spiro atoms. The number of halogens is 1. The maximum atomic E-state index is 12.2. The molecule has 1 fully saturated rings. The first-order valence-electron chi connectivity index (χ1n) is 8.18. The fourth-order valence-corrected chi connectivity index (χ4v) is 3.17. The van der Waals surface area contributed by atoms with E-state index < -0.39 is 0 Å². The van der Waals surface area contributed by atoms with E-state index in [-0.39, 0.29) is 29.8 Å². The zero-order chi connectivity index (χ0) is 16.2. The molecule has 3 N–H and O–H groups in total. The number of aryl methyl sites for hydroxylation is 1. The normalized spacial score (nSPS) is 22.4. The summed E-state index contributed by atoms with van der Waals surface area (Å²) in [4.78, 5) is 14.4. The van der Waals surface area contributed by atoms with E-state index in [1.165, 1.54) is 11.1 Å². The molecule has 0 bridgehead atoms. The quantitative estimate of drug-likeness (QED) is 0.834. The maximum absolute atomic E-state index is 12.2. The van der Waals surface area contributed by atoms with Crippen LogP contribution in [0.4, 0.5) is 0 Å². The van der Waals surface area contributed by atoms with E-state index in [9.17, 15) is 4.79 Å². The number of amides is 1. The highest BCUT2D eigenvalue weighted by molar-refractivity contribution is 5.85. The Kier molecular flexibility index (Phi) is 7.52. The summed E-state index contributed by atoms with van der Waals surface area (Å²) in [6.07, 6.45) is 1.95. The van der Waals surface area contributed by atoms with Gasteiger partial charge in [-0.2, -0.15) is 0 Å². The van der Waals surface area contributed by atoms with Crippen LogP contribution in [0.1, 0.15) is 31.4 Å². The van der Waals surface area contributed by atoms with E-state index in [2.05, 4.69) is 49.2 Å². The van der Waals surface area contributed by atoms with Crippen molar-refractivity contribution >= 4 is 18.3 Å². The molecule has 2 unspecified atom stereocenters. The Morgan fingerprint density at radius 3 is 2.74 bits per heavy atom. The van der Waals surface area contributed by atoms with Crippen LogP contribution < -0.4 is 11.1 Å². The van der Waals surface area contributed by atoms with Gasteiger partial charge in [0.1, 0.15) is 0 Å². The number of likely N-dealkylation sites (tertiary alicyclic amines) is 1. The van der Waals surface area contributed by atoms with E-state index in [0.717, 1.165) is 25.9 Å². The minimum atomic E-state index is 0. The second kappa shape index (κ2) is 8.67. The standard InChI is InChI=1S/C18H29N3O.ClH/c1-14-6-4-5-7-16(14)10-15(2)20-17(22)11-21-9-8-18(3,12-19)13-21;/h4-7,15H,8-13,19H2,1-3H3,(H,20,22);1H. The zero-order valence-electron chi connectivity index (χ0n) is 14.5. The highest BCUT2D eigenvalue weighted by Crippen LogP contribution is 2.27. The van der Waals surface area contributed by atoms with E-state index in [1.54, 1.807) is 0 Å². The lowest BCUT2D eigenvalue weighted by atomic mass is 9.90. The van der Waals surface area contributed by atoms with Crippen LogP contribution in [0.2, 0.25) is 0 Å². The number of carbonyl (C=O) groups excluding carboxylic acids is 1. The van der Waals surface area contributed by atoms with Gasteiger partial charge in [-0.3, -0.25) is 9.69 Å². The minimum Gasteiger partial charge on any atom is -0.352 e. The van der Waals surface area contributed by atoms with E-state index >= 15 is 0 Å². The fraction of sp³-hybridized carbons (Fsp3) is 0.611. The van der Waals surface area contributed by atoms with Gasteiger partial charge in [-0.15, -0.1) is 12.4 Å². The van der Waals surface area contributed by atoms with Crippen molar-refractivity contribution in [1.29, 1.82) is 0 Å². The van der Waals surface area contributed by atoms with Gasteiger partial charge in [0.15, 0.2) is 0 Å². The van der Waals surface area contributed by atoms with Gasteiger partial charge in [0.05, 0.1) is 6.54 Å². The lowest BCUT2D eigenvalue weighted by Crippen LogP contribution is -2.42. The molecule has 1 aromatic rings. The Bertz CT molecular complexity index is 523. The average Bonchev–Trinajstić information content (AvgIpc) is 2.83. The average molecular weight is 340 g/mol. The van der Waals surface area contributed by atoms with Crippen LogP contribution in [0.3, 0.4) is 0 Å². The van der Waals surface area contributed by atoms with Crippen molar-refractivity contribution in [2.45, 2.75) is 39.7 Å². The first kappa shape index (κ1) is 19.9. The highest BCUT2D eigenvalue weighted by atomic mass is 35.5. The second-order valence-corrected chi connectivity index (χ2v) is 7.07. The molecule has 0 radical (unpaired) electrons. The van der Waals surface area contributed by atoms with Gasteiger partial charge in [-0.1, -0.05) is 31.2 Å². The number of carbonyl (C=O) groups is 1. The summed E-state index contributed by atoms with van der Waals surface area (Å²) in [5.74, 6) is 0.113. The molecule has 0 aliphatic carbocycles. The summed E-state index contributed by atoms with van der Waals surface area (Å²) in [6, 6.07) is 8.49. The van der Waals surface area contributed by atoms with Gasteiger partial charge in [0.2, 0.25) is 5.91 Å². The molecular formula is C18H30ClN3O. The van der Waals surface area contributed by atoms with Crippen molar-refractivity contribution in [2.75, 3.05) is 26.2 Å². The van der Waals surface area contributed by atoms with Crippen molar-refractivity contribution < 1.29 is 4.79 Å². The van der Waals surface area contributed by atoms with E-state index in [1.807, 2.05) is 6.07 Å². The largest absolute Gasteiger partial charge is 0.352 e. The number of nitrogens with two attached hydrogens (primary N) is 1. The molecule has 0 saturated carbocycles. The van der Waals surface area contributed by atoms with E-state index in [4.69, 9.17) is 5.73 Å². The number of hydrogen-bond donors (Lipinski definition) is 2. The second-order valence-electron chi connectivity index (χ2n) is 7.07. The van der Waals surface area contributed by atoms with Crippen molar-refractivity contribution in [1.82, 2.24) is 10.2 Å². The van der Waals surface area contributed by atoms with Crippen molar-refractivity contribution in [3.05, 3.63) is 35.4 Å². The van der Waals surface area contributed by atoms with Crippen molar-refractivity contribution in [2.24, 2.45) is 11.1 Å². The molecule has 2 atom stereocenters. The maximum Gasteiger partial charge on any atom is 0.234 e. The Morgan fingerprint density at radius 1 is 1.43 bits per heavy atom. The van der Waals surface area contributed by atoms with Crippen molar-refractivity contribution in [3.63, 3.8) is 0 Å². The summed E-state index contributed by atoms with van der Waals surface area (Å²) in [7, 11) is 0. The van der Waals surface area contributed by atoms with Crippen LogP contribution in [-0.2, 0) is 11.2 Å². The fourth-order valence-electron chi connectivity index (χ4n) is 3.17. The lowest BCUT2D eigenvalue weighted by Gasteiger charge is -2.23. The van der Waals surface area contributed by atoms with Gasteiger partial charge in [-0.25, -0.2) is 0 Å². The van der Waals surface area contributed by atoms with Crippen LogP contribution >= 0.6 is 12.4 Å². The number of nitrogens with zero attached hydrogens (tertiary/aromatic N) is 1. The minimum absolute atomic E-state index is 0. The van der Waals surface area contributed by atoms with Gasteiger partial charge in [-0.05, 0) is 56.3 Å². The summed E-state index contributed by atoms with van der Waals surface area (Å²) in [5.41, 5.74) is 8.57. The van der Waals surface area contributed by atoms with Crippen molar-refractivity contribution in [3.8, 4) is 0 Å². The van der Waals surface area contributed by atoms with Crippen LogP contribution in [-0.4, -0.2) is 43.0 Å². The van der Waals surface area contributed by atoms with Gasteiger partial charge >= 0.3 is 0 Å². The highest BCUT2D eigenvalue weighted by Gasteiger charge is 2.33. The van der Waals surface area contributed by atoms with Crippen LogP contribution in [0.5, 0.6) is 0 Å². The van der Waals surface area contributed by atoms with Crippen LogP contribution in [0.25, 0.3) is 0 Å². The molecule has 1 aliphatic heterocycles. The van der Waals surface area contributed by atoms with Gasteiger partial charge in [0, 0.05) is 12.6 Å². The molecule has 0 aromatic heterocycles. The molecule has 130 valence electrons. The molecule has 1 aliphatic rings. The van der Waals surface area contributed by atoms with E-state index in [0.29, 0.717) is 13.1 Å². The number of rotatable bonds is 6. The molecule has 5 heteroatoms. The molecular weight excluding hydrogens is 310 g/mol. The van der Waals surface area contributed by atoms with Crippen LogP contribution in [0, 0.1) is 12.3 Å². The number of nitrogens with one attached hydrogen (secondary N) is 1. The molecule has 2 rings (SSSR count). The lowest BCUT2D eigenvalue weighted by molar-refractivity contribution is -0.122. The summed E-state index contributed by atoms with van der Waals surface area (Å²) in [5, 5.41) is 3.12. The third-order valence-corrected chi connectivity index (χ3v) is 4.69. The first-order chi connectivity index (χ1) is 10.4. The Labute approximate surface area is 146 Å². The predicted octanol–water partition coefficient (Wildman–Crippen LogP) is 2.13. The predicted molar refractivity (Wildman–Crippen MR) is 98.0 cm³/mol. The molecule has 23 heavy (non-hydrogen) atoms. The number of benzene rings is 1. The Hall–Kier alpha value is -1.10. The monoisotopic (exact) mass is 339 g/mol. The van der Waals surface area contributed by atoms with Crippen LogP contribution in [0.15, 0.2) is 24.3 Å². The molecule has 4 nitrogen and oxygen atoms in total. The summed E-state index contributed by atoms with van der Waals surface area (Å²) >= 11 is 0. The first-order valence-corrected chi connectivity index (χ1v) is 8.18. The molecule has 1 aromatic carbocycles. The summed E-state index contributed by atoms with van der Waals surface area (Å²) in [6.45, 7) is 9.44. The molecule has 1 amide bonds. The smallest absolute Gasteiger partial charge is 0.234 e. The SMILES string of the molecule is Cc1ccccc1CC(C)NC(=O)CN1CCC(C)(CN)C1.Cl. The Morgan fingerprint density at radius 2 is 2.13 bits per heavy atom. The zero-order valence-corrected chi connectivity index (χ0v) is 15.3. The third kappa shape index (κ3) is 5.79. The number of hydrogen-bond acceptors (Lipinski definition) is 3. The Balaban J connectivity index is 0.00000264. The van der Waals surface area contributed by atoms with Gasteiger partial charge in [0.25, 0.3) is 0 Å². The molecule has 1 saturated heterocycles. The summed E-state index contributed by atoms with van der Waals surface area (Å²) < 4.78 is 0. The van der Waals surface area contributed by atoms with Gasteiger partial charge < -0.3 is 11.1 Å².